The Bertz CT molecular complexity index is 383. The number of likely N-dealkylation sites (N-methyl/N-ethyl adjacent to an activating group) is 1. The molecule has 1 amide bonds. The summed E-state index contributed by atoms with van der Waals surface area (Å²) in [7, 11) is 1.74. The van der Waals surface area contributed by atoms with Gasteiger partial charge in [-0.15, -0.1) is 0 Å². The molecule has 1 aromatic rings. The SMILES string of the molecule is CN(CC1(O)CCNC1)C(=O)CCc1ccco1. The summed E-state index contributed by atoms with van der Waals surface area (Å²) in [5.74, 6) is 0.852. The summed E-state index contributed by atoms with van der Waals surface area (Å²) >= 11 is 0. The Morgan fingerprint density at radius 1 is 1.67 bits per heavy atom. The molecule has 0 saturated carbocycles. The van der Waals surface area contributed by atoms with Crippen LogP contribution in [0.25, 0.3) is 0 Å². The third kappa shape index (κ3) is 3.34. The number of aliphatic hydroxyl groups is 1. The van der Waals surface area contributed by atoms with Crippen molar-refractivity contribution in [1.82, 2.24) is 10.2 Å². The largest absolute Gasteiger partial charge is 0.469 e. The van der Waals surface area contributed by atoms with E-state index in [0.717, 1.165) is 12.3 Å². The molecule has 1 aliphatic heterocycles. The molecule has 1 aliphatic rings. The Kier molecular flexibility index (Phi) is 4.04. The van der Waals surface area contributed by atoms with Crippen molar-refractivity contribution in [3.05, 3.63) is 24.2 Å². The molecule has 1 saturated heterocycles. The number of hydrogen-bond donors (Lipinski definition) is 2. The lowest BCUT2D eigenvalue weighted by atomic mass is 10.0. The van der Waals surface area contributed by atoms with Crippen LogP contribution in [0.4, 0.5) is 0 Å². The Balaban J connectivity index is 1.77. The number of nitrogens with one attached hydrogen (secondary N) is 1. The van der Waals surface area contributed by atoms with Crippen LogP contribution in [-0.4, -0.2) is 48.2 Å². The minimum absolute atomic E-state index is 0.0340. The molecule has 0 spiro atoms. The maximum absolute atomic E-state index is 11.9. The number of carbonyl (C=O) groups is 1. The van der Waals surface area contributed by atoms with E-state index in [0.29, 0.717) is 32.4 Å². The van der Waals surface area contributed by atoms with Crippen molar-refractivity contribution >= 4 is 5.91 Å². The first kappa shape index (κ1) is 13.1. The van der Waals surface area contributed by atoms with Gasteiger partial charge in [-0.3, -0.25) is 4.79 Å². The zero-order valence-corrected chi connectivity index (χ0v) is 10.7. The molecule has 5 nitrogen and oxygen atoms in total. The second-order valence-electron chi connectivity index (χ2n) is 4.98. The topological polar surface area (TPSA) is 65.7 Å². The van der Waals surface area contributed by atoms with Gasteiger partial charge in [-0.25, -0.2) is 0 Å². The molecule has 0 radical (unpaired) electrons. The molecule has 0 bridgehead atoms. The van der Waals surface area contributed by atoms with Gasteiger partial charge in [-0.1, -0.05) is 0 Å². The van der Waals surface area contributed by atoms with E-state index in [9.17, 15) is 9.90 Å². The fourth-order valence-corrected chi connectivity index (χ4v) is 2.27. The van der Waals surface area contributed by atoms with Crippen molar-refractivity contribution < 1.29 is 14.3 Å². The summed E-state index contributed by atoms with van der Waals surface area (Å²) in [5, 5.41) is 13.3. The van der Waals surface area contributed by atoms with Crippen molar-refractivity contribution in [2.75, 3.05) is 26.7 Å². The molecule has 5 heteroatoms. The van der Waals surface area contributed by atoms with Crippen molar-refractivity contribution in [3.63, 3.8) is 0 Å². The number of amides is 1. The minimum Gasteiger partial charge on any atom is -0.469 e. The Morgan fingerprint density at radius 3 is 3.11 bits per heavy atom. The van der Waals surface area contributed by atoms with Crippen molar-refractivity contribution in [1.29, 1.82) is 0 Å². The first-order valence-electron chi connectivity index (χ1n) is 6.28. The molecular weight excluding hydrogens is 232 g/mol. The van der Waals surface area contributed by atoms with Crippen molar-refractivity contribution in [2.45, 2.75) is 24.9 Å². The highest BCUT2D eigenvalue weighted by atomic mass is 16.3. The molecule has 1 atom stereocenters. The van der Waals surface area contributed by atoms with Gasteiger partial charge in [0.15, 0.2) is 0 Å². The van der Waals surface area contributed by atoms with Gasteiger partial charge in [-0.05, 0) is 25.1 Å². The second kappa shape index (κ2) is 5.54. The molecule has 18 heavy (non-hydrogen) atoms. The highest BCUT2D eigenvalue weighted by Crippen LogP contribution is 2.16. The molecule has 2 rings (SSSR count). The van der Waals surface area contributed by atoms with E-state index in [4.69, 9.17) is 4.42 Å². The highest BCUT2D eigenvalue weighted by molar-refractivity contribution is 5.76. The zero-order valence-electron chi connectivity index (χ0n) is 10.7. The Hall–Kier alpha value is -1.33. The van der Waals surface area contributed by atoms with E-state index in [2.05, 4.69) is 5.32 Å². The standard InChI is InChI=1S/C13H20N2O3/c1-15(10-13(17)6-7-14-9-13)12(16)5-4-11-3-2-8-18-11/h2-3,8,14,17H,4-7,9-10H2,1H3. The lowest BCUT2D eigenvalue weighted by Gasteiger charge is -2.28. The van der Waals surface area contributed by atoms with Gasteiger partial charge in [0, 0.05) is 26.4 Å². The summed E-state index contributed by atoms with van der Waals surface area (Å²) in [5.41, 5.74) is -0.769. The third-order valence-corrected chi connectivity index (χ3v) is 3.34. The molecule has 0 aromatic carbocycles. The van der Waals surface area contributed by atoms with Gasteiger partial charge in [0.25, 0.3) is 0 Å². The Labute approximate surface area is 107 Å². The fourth-order valence-electron chi connectivity index (χ4n) is 2.27. The first-order chi connectivity index (χ1) is 8.59. The monoisotopic (exact) mass is 252 g/mol. The van der Waals surface area contributed by atoms with Gasteiger partial charge < -0.3 is 19.7 Å². The number of aryl methyl sites for hydroxylation is 1. The second-order valence-corrected chi connectivity index (χ2v) is 4.98. The fraction of sp³-hybridized carbons (Fsp3) is 0.615. The normalized spacial score (nSPS) is 23.2. The van der Waals surface area contributed by atoms with E-state index < -0.39 is 5.60 Å². The van der Waals surface area contributed by atoms with E-state index >= 15 is 0 Å². The van der Waals surface area contributed by atoms with Gasteiger partial charge in [0.1, 0.15) is 5.76 Å². The van der Waals surface area contributed by atoms with Crippen LogP contribution in [0.5, 0.6) is 0 Å². The maximum atomic E-state index is 11.9. The predicted molar refractivity (Wildman–Crippen MR) is 67.1 cm³/mol. The molecular formula is C13H20N2O3. The minimum atomic E-state index is -0.769. The van der Waals surface area contributed by atoms with Crippen LogP contribution in [0.2, 0.25) is 0 Å². The third-order valence-electron chi connectivity index (χ3n) is 3.34. The summed E-state index contributed by atoms with van der Waals surface area (Å²) < 4.78 is 5.19. The van der Waals surface area contributed by atoms with Gasteiger partial charge in [-0.2, -0.15) is 0 Å². The van der Waals surface area contributed by atoms with Crippen LogP contribution in [0.1, 0.15) is 18.6 Å². The predicted octanol–water partition coefficient (Wildman–Crippen LogP) is 0.395. The molecule has 1 unspecified atom stereocenters. The number of nitrogens with zero attached hydrogens (tertiary/aromatic N) is 1. The average molecular weight is 252 g/mol. The van der Waals surface area contributed by atoms with E-state index in [-0.39, 0.29) is 5.91 Å². The lowest BCUT2D eigenvalue weighted by Crippen LogP contribution is -2.45. The van der Waals surface area contributed by atoms with Crippen LogP contribution in [0.3, 0.4) is 0 Å². The van der Waals surface area contributed by atoms with Crippen molar-refractivity contribution in [3.8, 4) is 0 Å². The molecule has 1 aromatic heterocycles. The summed E-state index contributed by atoms with van der Waals surface area (Å²) in [6.45, 7) is 1.75. The lowest BCUT2D eigenvalue weighted by molar-refractivity contribution is -0.132. The van der Waals surface area contributed by atoms with Crippen LogP contribution in [-0.2, 0) is 11.2 Å². The van der Waals surface area contributed by atoms with E-state index in [1.54, 1.807) is 18.2 Å². The highest BCUT2D eigenvalue weighted by Gasteiger charge is 2.33. The first-order valence-corrected chi connectivity index (χ1v) is 6.28. The van der Waals surface area contributed by atoms with Crippen LogP contribution in [0, 0.1) is 0 Å². The number of rotatable bonds is 5. The number of furan rings is 1. The van der Waals surface area contributed by atoms with E-state index in [1.165, 1.54) is 0 Å². The zero-order chi connectivity index (χ0) is 13.0. The number of carbonyl (C=O) groups excluding carboxylic acids is 1. The average Bonchev–Trinajstić information content (AvgIpc) is 2.97. The van der Waals surface area contributed by atoms with Crippen LogP contribution >= 0.6 is 0 Å². The molecule has 2 N–H and O–H groups in total. The molecule has 100 valence electrons. The van der Waals surface area contributed by atoms with Gasteiger partial charge in [0.2, 0.25) is 5.91 Å². The molecule has 0 aliphatic carbocycles. The summed E-state index contributed by atoms with van der Waals surface area (Å²) in [4.78, 5) is 13.5. The summed E-state index contributed by atoms with van der Waals surface area (Å²) in [6.07, 6.45) is 3.32. The van der Waals surface area contributed by atoms with Crippen molar-refractivity contribution in [2.24, 2.45) is 0 Å². The van der Waals surface area contributed by atoms with Gasteiger partial charge >= 0.3 is 0 Å². The van der Waals surface area contributed by atoms with E-state index in [1.807, 2.05) is 12.1 Å². The molecule has 2 heterocycles. The smallest absolute Gasteiger partial charge is 0.222 e. The van der Waals surface area contributed by atoms with Crippen LogP contribution in [0.15, 0.2) is 22.8 Å². The van der Waals surface area contributed by atoms with Crippen LogP contribution < -0.4 is 5.32 Å². The maximum Gasteiger partial charge on any atom is 0.222 e. The Morgan fingerprint density at radius 2 is 2.50 bits per heavy atom. The number of β-amino-alcohol motifs (C(OH)–C–C–N with tert-alkyl or cyclic N) is 1. The quantitative estimate of drug-likeness (QED) is 0.796. The number of hydrogen-bond acceptors (Lipinski definition) is 4. The molecule has 1 fully saturated rings. The van der Waals surface area contributed by atoms with Gasteiger partial charge in [0.05, 0.1) is 18.4 Å². The summed E-state index contributed by atoms with van der Waals surface area (Å²) in [6, 6.07) is 3.68.